The molecule has 9 heteroatoms. The first-order valence-electron chi connectivity index (χ1n) is 8.82. The predicted molar refractivity (Wildman–Crippen MR) is 98.4 cm³/mol. The van der Waals surface area contributed by atoms with E-state index in [9.17, 15) is 4.79 Å². The van der Waals surface area contributed by atoms with E-state index in [4.69, 9.17) is 0 Å². The van der Waals surface area contributed by atoms with E-state index in [1.807, 2.05) is 19.2 Å². The molecule has 4 heterocycles. The highest BCUT2D eigenvalue weighted by Crippen LogP contribution is 2.45. The average Bonchev–Trinajstić information content (AvgIpc) is 3.09. The molecule has 134 valence electrons. The predicted octanol–water partition coefficient (Wildman–Crippen LogP) is 2.00. The number of nitrogens with one attached hydrogen (secondary N) is 1. The van der Waals surface area contributed by atoms with Gasteiger partial charge in [-0.1, -0.05) is 4.49 Å². The summed E-state index contributed by atoms with van der Waals surface area (Å²) in [6.45, 7) is 4.29. The number of aryl methyl sites for hydroxylation is 1. The Morgan fingerprint density at radius 3 is 2.96 bits per heavy atom. The summed E-state index contributed by atoms with van der Waals surface area (Å²) < 4.78 is 3.93. The molecule has 0 aromatic carbocycles. The fourth-order valence-electron chi connectivity index (χ4n) is 3.91. The van der Waals surface area contributed by atoms with Crippen molar-refractivity contribution in [2.75, 3.05) is 24.5 Å². The molecule has 3 aromatic heterocycles. The maximum atomic E-state index is 13.1. The van der Waals surface area contributed by atoms with Crippen molar-refractivity contribution < 1.29 is 4.79 Å². The van der Waals surface area contributed by atoms with Gasteiger partial charge in [0.25, 0.3) is 5.91 Å². The molecular weight excluding hydrogens is 350 g/mol. The van der Waals surface area contributed by atoms with E-state index < -0.39 is 0 Å². The summed E-state index contributed by atoms with van der Waals surface area (Å²) >= 11 is 1.20. The Labute approximate surface area is 154 Å². The van der Waals surface area contributed by atoms with E-state index in [-0.39, 0.29) is 11.4 Å². The van der Waals surface area contributed by atoms with Gasteiger partial charge in [-0.25, -0.2) is 9.97 Å². The van der Waals surface area contributed by atoms with Crippen molar-refractivity contribution in [2.24, 2.45) is 0 Å². The van der Waals surface area contributed by atoms with Crippen LogP contribution in [0.4, 0.5) is 5.82 Å². The monoisotopic (exact) mass is 369 g/mol. The second-order valence-corrected chi connectivity index (χ2v) is 7.84. The molecule has 1 saturated carbocycles. The molecule has 2 fully saturated rings. The van der Waals surface area contributed by atoms with Crippen LogP contribution in [0.2, 0.25) is 0 Å². The Bertz CT molecular complexity index is 976. The number of fused-ring (bicyclic) bond motifs is 1. The minimum absolute atomic E-state index is 0.0753. The molecule has 3 aromatic rings. The quantitative estimate of drug-likeness (QED) is 0.743. The van der Waals surface area contributed by atoms with Crippen LogP contribution < -0.4 is 4.90 Å². The summed E-state index contributed by atoms with van der Waals surface area (Å²) in [6.07, 6.45) is 6.47. The van der Waals surface area contributed by atoms with E-state index >= 15 is 0 Å². The van der Waals surface area contributed by atoms with Gasteiger partial charge in [-0.15, -0.1) is 5.10 Å². The molecule has 1 aliphatic carbocycles. The number of hydrogen-bond donors (Lipinski definition) is 1. The van der Waals surface area contributed by atoms with Gasteiger partial charge < -0.3 is 14.8 Å². The largest absolute Gasteiger partial charge is 0.354 e. The van der Waals surface area contributed by atoms with Crippen molar-refractivity contribution in [2.45, 2.75) is 31.7 Å². The van der Waals surface area contributed by atoms with Gasteiger partial charge in [0.05, 0.1) is 16.6 Å². The molecule has 1 saturated heterocycles. The van der Waals surface area contributed by atoms with Gasteiger partial charge in [0.15, 0.2) is 0 Å². The van der Waals surface area contributed by atoms with Gasteiger partial charge >= 0.3 is 0 Å². The zero-order valence-electron chi connectivity index (χ0n) is 14.5. The molecule has 5 rings (SSSR count). The molecule has 0 atom stereocenters. The number of anilines is 1. The SMILES string of the molecule is Cc1nnsc1C(=O)N1CCCN(c2ncnc3[nH]ccc23)CC12CC2. The molecule has 0 radical (unpaired) electrons. The zero-order valence-corrected chi connectivity index (χ0v) is 15.3. The summed E-state index contributed by atoms with van der Waals surface area (Å²) in [5.74, 6) is 1.03. The molecular formula is C17H19N7OS. The number of H-pyrrole nitrogens is 1. The summed E-state index contributed by atoms with van der Waals surface area (Å²) in [6, 6.07) is 2.02. The summed E-state index contributed by atoms with van der Waals surface area (Å²) in [5, 5.41) is 5.04. The number of rotatable bonds is 2. The van der Waals surface area contributed by atoms with Gasteiger partial charge in [-0.3, -0.25) is 4.79 Å². The van der Waals surface area contributed by atoms with Gasteiger partial charge in [-0.2, -0.15) is 0 Å². The fourth-order valence-corrected chi connectivity index (χ4v) is 4.51. The minimum Gasteiger partial charge on any atom is -0.354 e. The third-order valence-electron chi connectivity index (χ3n) is 5.42. The molecule has 8 nitrogen and oxygen atoms in total. The highest BCUT2D eigenvalue weighted by Gasteiger charge is 2.52. The number of carbonyl (C=O) groups is 1. The van der Waals surface area contributed by atoms with Crippen LogP contribution >= 0.6 is 11.5 Å². The van der Waals surface area contributed by atoms with Gasteiger partial charge in [-0.05, 0) is 43.8 Å². The number of nitrogens with zero attached hydrogens (tertiary/aromatic N) is 6. The molecule has 1 amide bonds. The average molecular weight is 369 g/mol. The van der Waals surface area contributed by atoms with E-state index in [2.05, 4.69) is 34.3 Å². The second kappa shape index (κ2) is 5.73. The van der Waals surface area contributed by atoms with Crippen LogP contribution in [0.25, 0.3) is 11.0 Å². The van der Waals surface area contributed by atoms with Gasteiger partial charge in [0.1, 0.15) is 22.7 Å². The number of hydrogen-bond acceptors (Lipinski definition) is 7. The zero-order chi connectivity index (χ0) is 17.7. The lowest BCUT2D eigenvalue weighted by molar-refractivity contribution is 0.0674. The first-order valence-corrected chi connectivity index (χ1v) is 9.59. The van der Waals surface area contributed by atoms with Crippen LogP contribution in [0.5, 0.6) is 0 Å². The van der Waals surface area contributed by atoms with Crippen LogP contribution in [-0.4, -0.2) is 60.5 Å². The maximum Gasteiger partial charge on any atom is 0.268 e. The summed E-state index contributed by atoms with van der Waals surface area (Å²) in [4.78, 5) is 30.1. The third-order valence-corrected chi connectivity index (χ3v) is 6.23. The van der Waals surface area contributed by atoms with E-state index in [1.54, 1.807) is 6.33 Å². The lowest BCUT2D eigenvalue weighted by Crippen LogP contribution is -2.46. The normalized spacial score (nSPS) is 19.1. The fraction of sp³-hybridized carbons (Fsp3) is 0.471. The number of aromatic amines is 1. The Morgan fingerprint density at radius 2 is 2.19 bits per heavy atom. The Morgan fingerprint density at radius 1 is 1.31 bits per heavy atom. The Balaban J connectivity index is 1.47. The van der Waals surface area contributed by atoms with Crippen LogP contribution in [0.15, 0.2) is 18.6 Å². The summed E-state index contributed by atoms with van der Waals surface area (Å²) in [7, 11) is 0. The van der Waals surface area contributed by atoms with Crippen LogP contribution in [0, 0.1) is 6.92 Å². The highest BCUT2D eigenvalue weighted by atomic mass is 32.1. The van der Waals surface area contributed by atoms with E-state index in [0.717, 1.165) is 61.4 Å². The second-order valence-electron chi connectivity index (χ2n) is 7.08. The van der Waals surface area contributed by atoms with Crippen LogP contribution in [0.3, 0.4) is 0 Å². The number of amides is 1. The molecule has 0 bridgehead atoms. The first-order chi connectivity index (χ1) is 12.7. The van der Waals surface area contributed by atoms with Crippen molar-refractivity contribution in [3.05, 3.63) is 29.2 Å². The molecule has 0 unspecified atom stereocenters. The standard InChI is InChI=1S/C17H19N7OS/c1-11-13(26-22-21-11)16(25)24-8-2-7-23(9-17(24)4-5-17)15-12-3-6-18-14(12)19-10-20-15/h3,6,10H,2,4-5,7-9H2,1H3,(H,18,19,20). The highest BCUT2D eigenvalue weighted by molar-refractivity contribution is 7.08. The van der Waals surface area contributed by atoms with Crippen molar-refractivity contribution in [3.8, 4) is 0 Å². The van der Waals surface area contributed by atoms with E-state index in [0.29, 0.717) is 4.88 Å². The van der Waals surface area contributed by atoms with E-state index in [1.165, 1.54) is 11.5 Å². The van der Waals surface area contributed by atoms with Crippen LogP contribution in [-0.2, 0) is 0 Å². The number of carbonyl (C=O) groups excluding carboxylic acids is 1. The molecule has 26 heavy (non-hydrogen) atoms. The van der Waals surface area contributed by atoms with Crippen LogP contribution in [0.1, 0.15) is 34.6 Å². The van der Waals surface area contributed by atoms with Gasteiger partial charge in [0.2, 0.25) is 0 Å². The number of aromatic nitrogens is 5. The third kappa shape index (κ3) is 2.38. The molecule has 1 N–H and O–H groups in total. The molecule has 1 aliphatic heterocycles. The van der Waals surface area contributed by atoms with Crippen molar-refractivity contribution in [3.63, 3.8) is 0 Å². The molecule has 2 aliphatic rings. The molecule has 1 spiro atoms. The first kappa shape index (κ1) is 15.7. The minimum atomic E-state index is -0.0996. The maximum absolute atomic E-state index is 13.1. The van der Waals surface area contributed by atoms with Crippen molar-refractivity contribution in [1.29, 1.82) is 0 Å². The van der Waals surface area contributed by atoms with Gasteiger partial charge in [0, 0.05) is 25.8 Å². The van der Waals surface area contributed by atoms with Crippen molar-refractivity contribution >= 4 is 34.3 Å². The topological polar surface area (TPSA) is 90.9 Å². The lowest BCUT2D eigenvalue weighted by Gasteiger charge is -2.32. The summed E-state index contributed by atoms with van der Waals surface area (Å²) in [5.41, 5.74) is 1.47. The smallest absolute Gasteiger partial charge is 0.268 e. The lowest BCUT2D eigenvalue weighted by atomic mass is 10.2. The Hall–Kier alpha value is -2.55. The van der Waals surface area contributed by atoms with Crippen molar-refractivity contribution in [1.82, 2.24) is 29.4 Å². The Kier molecular flexibility index (Phi) is 3.46.